The van der Waals surface area contributed by atoms with Crippen LogP contribution in [-0.4, -0.2) is 31.1 Å². The summed E-state index contributed by atoms with van der Waals surface area (Å²) in [6, 6.07) is 4.87. The molecule has 1 aromatic carbocycles. The number of hydrogen-bond acceptors (Lipinski definition) is 3. The summed E-state index contributed by atoms with van der Waals surface area (Å²) >= 11 is 0. The van der Waals surface area contributed by atoms with Crippen LogP contribution >= 0.6 is 0 Å². The van der Waals surface area contributed by atoms with E-state index >= 15 is 0 Å². The van der Waals surface area contributed by atoms with Crippen molar-refractivity contribution < 1.29 is 22.6 Å². The molecule has 0 aliphatic carbocycles. The van der Waals surface area contributed by atoms with Gasteiger partial charge in [0.1, 0.15) is 6.73 Å². The summed E-state index contributed by atoms with van der Waals surface area (Å²) in [5.74, 6) is -1.32. The first-order chi connectivity index (χ1) is 11.2. The second-order valence-electron chi connectivity index (χ2n) is 6.64. The molecule has 0 aliphatic heterocycles. The summed E-state index contributed by atoms with van der Waals surface area (Å²) in [5.41, 5.74) is 1.21. The number of nitrogens with zero attached hydrogens (tertiary/aromatic N) is 2. The van der Waals surface area contributed by atoms with Gasteiger partial charge in [-0.25, -0.2) is 9.07 Å². The lowest BCUT2D eigenvalue weighted by Gasteiger charge is -2.15. The normalized spacial score (nSPS) is 12.0. The van der Waals surface area contributed by atoms with Crippen molar-refractivity contribution >= 4 is 8.07 Å². The highest BCUT2D eigenvalue weighted by molar-refractivity contribution is 6.76. The van der Waals surface area contributed by atoms with Gasteiger partial charge in [0, 0.05) is 26.4 Å². The zero-order chi connectivity index (χ0) is 17.7. The Kier molecular flexibility index (Phi) is 6.06. The molecule has 1 aromatic heterocycles. The van der Waals surface area contributed by atoms with E-state index in [0.717, 1.165) is 12.1 Å². The van der Waals surface area contributed by atoms with Gasteiger partial charge in [-0.15, -0.1) is 0 Å². The van der Waals surface area contributed by atoms with Crippen LogP contribution in [0.4, 0.5) is 13.2 Å². The minimum Gasteiger partial charge on any atom is -0.432 e. The van der Waals surface area contributed by atoms with Gasteiger partial charge in [-0.05, 0) is 23.7 Å². The van der Waals surface area contributed by atoms with Crippen LogP contribution in [0.1, 0.15) is 0 Å². The highest BCUT2D eigenvalue weighted by atomic mass is 28.3. The molecule has 24 heavy (non-hydrogen) atoms. The molecular formula is C16H21F3N2O2Si. The first kappa shape index (κ1) is 18.5. The zero-order valence-corrected chi connectivity index (χ0v) is 14.9. The van der Waals surface area contributed by atoms with Gasteiger partial charge in [0.05, 0.1) is 6.20 Å². The average molecular weight is 358 g/mol. The molecule has 0 bridgehead atoms. The molecule has 2 aromatic rings. The van der Waals surface area contributed by atoms with Gasteiger partial charge in [0.2, 0.25) is 0 Å². The topological polar surface area (TPSA) is 36.3 Å². The van der Waals surface area contributed by atoms with E-state index in [2.05, 4.69) is 29.5 Å². The van der Waals surface area contributed by atoms with Crippen molar-refractivity contribution in [2.24, 2.45) is 0 Å². The fourth-order valence-corrected chi connectivity index (χ4v) is 2.75. The summed E-state index contributed by atoms with van der Waals surface area (Å²) in [7, 11) is -1.13. The van der Waals surface area contributed by atoms with Crippen LogP contribution in [-0.2, 0) is 11.5 Å². The van der Waals surface area contributed by atoms with E-state index in [4.69, 9.17) is 4.74 Å². The Balaban J connectivity index is 2.00. The highest BCUT2D eigenvalue weighted by Gasteiger charge is 2.13. The molecule has 0 N–H and O–H groups in total. The Labute approximate surface area is 140 Å². The molecule has 0 spiro atoms. The lowest BCUT2D eigenvalue weighted by molar-refractivity contribution is -0.0521. The second kappa shape index (κ2) is 7.85. The minimum atomic E-state index is -3.07. The van der Waals surface area contributed by atoms with Crippen molar-refractivity contribution in [3.05, 3.63) is 36.4 Å². The highest BCUT2D eigenvalue weighted by Crippen LogP contribution is 2.27. The molecular weight excluding hydrogens is 337 g/mol. The van der Waals surface area contributed by atoms with Gasteiger partial charge in [-0.2, -0.15) is 13.9 Å². The predicted molar refractivity (Wildman–Crippen MR) is 88.4 cm³/mol. The Hall–Kier alpha value is -1.80. The third-order valence-corrected chi connectivity index (χ3v) is 5.04. The molecule has 0 saturated heterocycles. The molecule has 0 amide bonds. The first-order valence-corrected chi connectivity index (χ1v) is 11.3. The van der Waals surface area contributed by atoms with Gasteiger partial charge < -0.3 is 9.47 Å². The van der Waals surface area contributed by atoms with Gasteiger partial charge in [0.15, 0.2) is 11.6 Å². The van der Waals surface area contributed by atoms with E-state index in [-0.39, 0.29) is 0 Å². The number of ether oxygens (including phenoxy) is 2. The summed E-state index contributed by atoms with van der Waals surface area (Å²) in [6.45, 7) is 4.74. The largest absolute Gasteiger partial charge is 0.432 e. The molecule has 1 heterocycles. The first-order valence-electron chi connectivity index (χ1n) is 7.59. The summed E-state index contributed by atoms with van der Waals surface area (Å²) in [6.07, 6.45) is 3.29. The third-order valence-electron chi connectivity index (χ3n) is 3.33. The Morgan fingerprint density at radius 1 is 1.21 bits per heavy atom. The maximum absolute atomic E-state index is 13.5. The zero-order valence-electron chi connectivity index (χ0n) is 13.9. The summed E-state index contributed by atoms with van der Waals surface area (Å²) in [5, 5.41) is 4.16. The van der Waals surface area contributed by atoms with Gasteiger partial charge in [-0.3, -0.25) is 0 Å². The van der Waals surface area contributed by atoms with E-state index in [1.807, 2.05) is 0 Å². The van der Waals surface area contributed by atoms with Crippen molar-refractivity contribution in [1.29, 1.82) is 0 Å². The molecule has 0 unspecified atom stereocenters. The molecule has 0 radical (unpaired) electrons. The van der Waals surface area contributed by atoms with Crippen molar-refractivity contribution in [3.63, 3.8) is 0 Å². The molecule has 4 nitrogen and oxygen atoms in total. The Morgan fingerprint density at radius 3 is 2.62 bits per heavy atom. The number of halogens is 3. The molecule has 0 atom stereocenters. The van der Waals surface area contributed by atoms with Gasteiger partial charge >= 0.3 is 6.61 Å². The number of alkyl halides is 2. The standard InChI is InChI=1S/C16H21F3N2O2Si/c1-24(2,3)7-6-22-11-21-10-13(9-20-21)12-4-5-14(17)15(8-12)23-16(18)19/h4-5,8-10,16H,6-7,11H2,1-3H3. The molecule has 2 rings (SSSR count). The lowest BCUT2D eigenvalue weighted by Crippen LogP contribution is -2.22. The summed E-state index contributed by atoms with van der Waals surface area (Å²) in [4.78, 5) is 0. The molecule has 0 saturated carbocycles. The Bertz CT molecular complexity index is 672. The van der Waals surface area contributed by atoms with Crippen LogP contribution in [0.15, 0.2) is 30.6 Å². The van der Waals surface area contributed by atoms with Crippen LogP contribution < -0.4 is 4.74 Å². The maximum atomic E-state index is 13.5. The smallest absolute Gasteiger partial charge is 0.387 e. The molecule has 8 heteroatoms. The van der Waals surface area contributed by atoms with E-state index in [9.17, 15) is 13.2 Å². The van der Waals surface area contributed by atoms with Gasteiger partial charge in [-0.1, -0.05) is 25.7 Å². The number of benzene rings is 1. The van der Waals surface area contributed by atoms with E-state index in [0.29, 0.717) is 24.5 Å². The minimum absolute atomic E-state index is 0.312. The molecule has 0 fully saturated rings. The SMILES string of the molecule is C[Si](C)(C)CCOCn1cc(-c2ccc(F)c(OC(F)F)c2)cn1. The lowest BCUT2D eigenvalue weighted by atomic mass is 10.1. The fourth-order valence-electron chi connectivity index (χ4n) is 1.99. The van der Waals surface area contributed by atoms with Crippen LogP contribution in [0.2, 0.25) is 25.7 Å². The van der Waals surface area contributed by atoms with Gasteiger partial charge in [0.25, 0.3) is 0 Å². The van der Waals surface area contributed by atoms with E-state index < -0.39 is 26.3 Å². The van der Waals surface area contributed by atoms with Crippen molar-refractivity contribution in [3.8, 4) is 16.9 Å². The maximum Gasteiger partial charge on any atom is 0.387 e. The van der Waals surface area contributed by atoms with Crippen molar-refractivity contribution in [1.82, 2.24) is 9.78 Å². The molecule has 132 valence electrons. The Morgan fingerprint density at radius 2 is 1.96 bits per heavy atom. The quantitative estimate of drug-likeness (QED) is 0.511. The van der Waals surface area contributed by atoms with Crippen LogP contribution in [0.5, 0.6) is 5.75 Å². The van der Waals surface area contributed by atoms with E-state index in [1.165, 1.54) is 12.1 Å². The van der Waals surface area contributed by atoms with E-state index in [1.54, 1.807) is 17.1 Å². The van der Waals surface area contributed by atoms with Crippen molar-refractivity contribution in [2.75, 3.05) is 6.61 Å². The van der Waals surface area contributed by atoms with Crippen molar-refractivity contribution in [2.45, 2.75) is 39.0 Å². The monoisotopic (exact) mass is 358 g/mol. The molecule has 0 aliphatic rings. The van der Waals surface area contributed by atoms with Crippen LogP contribution in [0.3, 0.4) is 0 Å². The third kappa shape index (κ3) is 5.68. The number of aromatic nitrogens is 2. The second-order valence-corrected chi connectivity index (χ2v) is 12.3. The van der Waals surface area contributed by atoms with Crippen LogP contribution in [0, 0.1) is 5.82 Å². The van der Waals surface area contributed by atoms with Crippen LogP contribution in [0.25, 0.3) is 11.1 Å². The number of rotatable bonds is 8. The summed E-state index contributed by atoms with van der Waals surface area (Å²) < 4.78 is 49.4. The average Bonchev–Trinajstić information content (AvgIpc) is 2.93. The fraction of sp³-hybridized carbons (Fsp3) is 0.438. The number of hydrogen-bond donors (Lipinski definition) is 0. The predicted octanol–water partition coefficient (Wildman–Crippen LogP) is 4.60.